The van der Waals surface area contributed by atoms with Gasteiger partial charge in [-0.05, 0) is 6.07 Å². The first-order valence-corrected chi connectivity index (χ1v) is 6.39. The fourth-order valence-electron chi connectivity index (χ4n) is 1.88. The number of carbonyl (C=O) groups excluding carboxylic acids is 1. The minimum atomic E-state index is -0.503. The minimum Gasteiger partial charge on any atom is -0.482 e. The summed E-state index contributed by atoms with van der Waals surface area (Å²) in [5, 5.41) is 2.76. The quantitative estimate of drug-likeness (QED) is 0.795. The van der Waals surface area contributed by atoms with Crippen molar-refractivity contribution >= 4 is 16.9 Å². The summed E-state index contributed by atoms with van der Waals surface area (Å²) in [6, 6.07) is 1.76. The Morgan fingerprint density at radius 1 is 1.40 bits per heavy atom. The zero-order chi connectivity index (χ0) is 14.9. The van der Waals surface area contributed by atoms with Gasteiger partial charge in [-0.1, -0.05) is 20.8 Å². The number of ether oxygens (including phenoxy) is 1. The van der Waals surface area contributed by atoms with Gasteiger partial charge in [0.15, 0.2) is 5.88 Å². The number of methoxy groups -OCH3 is 1. The first-order valence-electron chi connectivity index (χ1n) is 6.39. The number of hydrogen-bond acceptors (Lipinski definition) is 3. The van der Waals surface area contributed by atoms with E-state index in [0.717, 1.165) is 0 Å². The number of fused-ring (bicyclic) bond motifs is 1. The topological polar surface area (TPSA) is 87.0 Å². The van der Waals surface area contributed by atoms with E-state index in [9.17, 15) is 9.59 Å². The lowest BCUT2D eigenvalue weighted by Gasteiger charge is -2.18. The van der Waals surface area contributed by atoms with Gasteiger partial charge in [-0.25, -0.2) is 0 Å². The molecule has 108 valence electrons. The SMILES string of the molecule is COc1[nH]c2cc[nH]c2c(=O)c1CNC(=O)C(C)(C)C. The summed E-state index contributed by atoms with van der Waals surface area (Å²) in [6.07, 6.45) is 1.68. The van der Waals surface area contributed by atoms with Crippen LogP contribution in [0.3, 0.4) is 0 Å². The van der Waals surface area contributed by atoms with Crippen LogP contribution in [0, 0.1) is 5.41 Å². The Morgan fingerprint density at radius 2 is 2.10 bits per heavy atom. The van der Waals surface area contributed by atoms with Gasteiger partial charge >= 0.3 is 0 Å². The van der Waals surface area contributed by atoms with E-state index in [-0.39, 0.29) is 17.9 Å². The number of aromatic amines is 2. The molecule has 1 amide bonds. The number of amides is 1. The van der Waals surface area contributed by atoms with Crippen molar-refractivity contribution in [2.45, 2.75) is 27.3 Å². The van der Waals surface area contributed by atoms with Gasteiger partial charge in [-0.15, -0.1) is 0 Å². The highest BCUT2D eigenvalue weighted by molar-refractivity contribution is 5.81. The summed E-state index contributed by atoms with van der Waals surface area (Å²) >= 11 is 0. The monoisotopic (exact) mass is 277 g/mol. The number of pyridine rings is 1. The van der Waals surface area contributed by atoms with Crippen molar-refractivity contribution in [2.24, 2.45) is 5.41 Å². The standard InChI is InChI=1S/C14H19N3O3/c1-14(2,3)13(19)16-7-8-11(18)10-9(5-6-15-10)17-12(8)20-4/h5-6,15H,7H2,1-4H3,(H,16,19)(H,17,18). The molecule has 0 fully saturated rings. The van der Waals surface area contributed by atoms with Gasteiger partial charge in [0.2, 0.25) is 11.3 Å². The van der Waals surface area contributed by atoms with Crippen molar-refractivity contribution in [2.75, 3.05) is 7.11 Å². The Kier molecular flexibility index (Phi) is 3.57. The van der Waals surface area contributed by atoms with Crippen molar-refractivity contribution in [3.63, 3.8) is 0 Å². The molecule has 3 N–H and O–H groups in total. The molecule has 0 saturated heterocycles. The zero-order valence-electron chi connectivity index (χ0n) is 12.1. The van der Waals surface area contributed by atoms with E-state index in [2.05, 4.69) is 15.3 Å². The molecule has 2 heterocycles. The van der Waals surface area contributed by atoms with Crippen LogP contribution in [0.2, 0.25) is 0 Å². The molecule has 0 atom stereocenters. The Morgan fingerprint density at radius 3 is 2.70 bits per heavy atom. The molecule has 0 bridgehead atoms. The highest BCUT2D eigenvalue weighted by Gasteiger charge is 2.22. The third-order valence-corrected chi connectivity index (χ3v) is 3.08. The second-order valence-electron chi connectivity index (χ2n) is 5.66. The molecule has 0 spiro atoms. The molecule has 0 aliphatic rings. The summed E-state index contributed by atoms with van der Waals surface area (Å²) < 4.78 is 5.20. The van der Waals surface area contributed by atoms with Crippen LogP contribution in [-0.2, 0) is 11.3 Å². The molecule has 0 aliphatic carbocycles. The Bertz CT molecular complexity index is 692. The largest absolute Gasteiger partial charge is 0.482 e. The van der Waals surface area contributed by atoms with E-state index in [1.165, 1.54) is 7.11 Å². The maximum absolute atomic E-state index is 12.3. The number of hydrogen-bond donors (Lipinski definition) is 3. The first kappa shape index (κ1) is 14.2. The summed E-state index contributed by atoms with van der Waals surface area (Å²) in [7, 11) is 1.48. The van der Waals surface area contributed by atoms with Gasteiger partial charge in [-0.2, -0.15) is 0 Å². The molecular weight excluding hydrogens is 258 g/mol. The second kappa shape index (κ2) is 5.03. The number of carbonyl (C=O) groups is 1. The number of aromatic nitrogens is 2. The molecular formula is C14H19N3O3. The maximum atomic E-state index is 12.3. The number of nitrogens with one attached hydrogen (secondary N) is 3. The Balaban J connectivity index is 2.36. The van der Waals surface area contributed by atoms with Gasteiger partial charge in [0, 0.05) is 11.6 Å². The smallest absolute Gasteiger partial charge is 0.225 e. The van der Waals surface area contributed by atoms with E-state index in [1.807, 2.05) is 20.8 Å². The average Bonchev–Trinajstić information content (AvgIpc) is 2.84. The van der Waals surface area contributed by atoms with Crippen LogP contribution in [0.4, 0.5) is 0 Å². The fourth-order valence-corrected chi connectivity index (χ4v) is 1.88. The van der Waals surface area contributed by atoms with E-state index in [1.54, 1.807) is 12.3 Å². The van der Waals surface area contributed by atoms with Gasteiger partial charge < -0.3 is 20.0 Å². The molecule has 2 aromatic heterocycles. The van der Waals surface area contributed by atoms with Crippen molar-refractivity contribution in [1.29, 1.82) is 0 Å². The van der Waals surface area contributed by atoms with E-state index >= 15 is 0 Å². The second-order valence-corrected chi connectivity index (χ2v) is 5.66. The van der Waals surface area contributed by atoms with Gasteiger partial charge in [0.05, 0.1) is 24.7 Å². The van der Waals surface area contributed by atoms with Crippen molar-refractivity contribution in [3.8, 4) is 5.88 Å². The minimum absolute atomic E-state index is 0.120. The van der Waals surface area contributed by atoms with Gasteiger partial charge in [0.1, 0.15) is 5.52 Å². The van der Waals surface area contributed by atoms with E-state index < -0.39 is 5.41 Å². The highest BCUT2D eigenvalue weighted by Crippen LogP contribution is 2.17. The molecule has 6 nitrogen and oxygen atoms in total. The predicted molar refractivity (Wildman–Crippen MR) is 76.8 cm³/mol. The molecule has 20 heavy (non-hydrogen) atoms. The summed E-state index contributed by atoms with van der Waals surface area (Å²) in [5.74, 6) is 0.252. The van der Waals surface area contributed by atoms with Gasteiger partial charge in [0.25, 0.3) is 0 Å². The molecule has 0 aliphatic heterocycles. The molecule has 2 aromatic rings. The lowest BCUT2D eigenvalue weighted by atomic mass is 9.95. The zero-order valence-corrected chi connectivity index (χ0v) is 12.1. The Labute approximate surface area is 116 Å². The van der Waals surface area contributed by atoms with Crippen LogP contribution in [0.25, 0.3) is 11.0 Å². The van der Waals surface area contributed by atoms with Crippen LogP contribution >= 0.6 is 0 Å². The third kappa shape index (κ3) is 2.54. The highest BCUT2D eigenvalue weighted by atomic mass is 16.5. The summed E-state index contributed by atoms with van der Waals surface area (Å²) in [6.45, 7) is 5.58. The molecule has 0 unspecified atom stereocenters. The van der Waals surface area contributed by atoms with Crippen molar-refractivity contribution in [1.82, 2.24) is 15.3 Å². The summed E-state index contributed by atoms with van der Waals surface area (Å²) in [4.78, 5) is 30.1. The molecule has 0 saturated carbocycles. The molecule has 6 heteroatoms. The van der Waals surface area contributed by atoms with Crippen LogP contribution in [-0.4, -0.2) is 23.0 Å². The molecule has 0 radical (unpaired) electrons. The molecule has 0 aromatic carbocycles. The van der Waals surface area contributed by atoms with Crippen LogP contribution in [0.5, 0.6) is 5.88 Å². The number of rotatable bonds is 3. The van der Waals surface area contributed by atoms with Gasteiger partial charge in [-0.3, -0.25) is 9.59 Å². The molecule has 2 rings (SSSR count). The maximum Gasteiger partial charge on any atom is 0.225 e. The lowest BCUT2D eigenvalue weighted by Crippen LogP contribution is -2.35. The van der Waals surface area contributed by atoms with E-state index in [0.29, 0.717) is 22.5 Å². The predicted octanol–water partition coefficient (Wildman–Crippen LogP) is 1.53. The number of H-pyrrole nitrogens is 2. The van der Waals surface area contributed by atoms with Crippen molar-refractivity contribution in [3.05, 3.63) is 28.0 Å². The van der Waals surface area contributed by atoms with E-state index in [4.69, 9.17) is 4.74 Å². The van der Waals surface area contributed by atoms with Crippen LogP contribution in [0.15, 0.2) is 17.1 Å². The lowest BCUT2D eigenvalue weighted by molar-refractivity contribution is -0.128. The van der Waals surface area contributed by atoms with Crippen LogP contribution in [0.1, 0.15) is 26.3 Å². The normalized spacial score (nSPS) is 11.6. The van der Waals surface area contributed by atoms with Crippen LogP contribution < -0.4 is 15.5 Å². The third-order valence-electron chi connectivity index (χ3n) is 3.08. The Hall–Kier alpha value is -2.24. The van der Waals surface area contributed by atoms with Crippen molar-refractivity contribution < 1.29 is 9.53 Å². The summed E-state index contributed by atoms with van der Waals surface area (Å²) in [5.41, 5.74) is 0.884. The average molecular weight is 277 g/mol. The first-order chi connectivity index (χ1) is 9.34. The fraction of sp³-hybridized carbons (Fsp3) is 0.429.